The van der Waals surface area contributed by atoms with E-state index >= 15 is 0 Å². The molecule has 158 valence electrons. The molecule has 3 rings (SSSR count). The van der Waals surface area contributed by atoms with Crippen LogP contribution < -0.4 is 15.0 Å². The Morgan fingerprint density at radius 1 is 1.10 bits per heavy atom. The van der Waals surface area contributed by atoms with Crippen molar-refractivity contribution in [2.45, 2.75) is 19.3 Å². The van der Waals surface area contributed by atoms with Crippen LogP contribution in [0.4, 0.5) is 24.8 Å². The number of hydrogen-bond acceptors (Lipinski definition) is 5. The van der Waals surface area contributed by atoms with Crippen LogP contribution in [0, 0.1) is 0 Å². The molecule has 0 aliphatic heterocycles. The second-order valence-corrected chi connectivity index (χ2v) is 6.73. The van der Waals surface area contributed by atoms with Gasteiger partial charge in [-0.15, -0.1) is 13.2 Å². The van der Waals surface area contributed by atoms with Crippen LogP contribution in [-0.4, -0.2) is 41.1 Å². The summed E-state index contributed by atoms with van der Waals surface area (Å²) in [5, 5.41) is 6.97. The van der Waals surface area contributed by atoms with Gasteiger partial charge in [-0.2, -0.15) is 5.10 Å². The van der Waals surface area contributed by atoms with Crippen LogP contribution >= 0.6 is 0 Å². The van der Waals surface area contributed by atoms with Crippen molar-refractivity contribution in [2.24, 2.45) is 0 Å². The van der Waals surface area contributed by atoms with E-state index in [1.807, 2.05) is 31.1 Å². The Morgan fingerprint density at radius 2 is 1.80 bits per heavy atom. The van der Waals surface area contributed by atoms with Crippen LogP contribution in [0.5, 0.6) is 5.75 Å². The van der Waals surface area contributed by atoms with E-state index in [0.717, 1.165) is 16.9 Å². The SMILES string of the molecule is CN(C)c1ccc(CC(=O)Nc2ccn(Cc3ccc(OC(F)(F)F)cc3)n2)cn1. The summed E-state index contributed by atoms with van der Waals surface area (Å²) >= 11 is 0. The normalized spacial score (nSPS) is 11.2. The first kappa shape index (κ1) is 21.2. The predicted octanol–water partition coefficient (Wildman–Crippen LogP) is 3.47. The highest BCUT2D eigenvalue weighted by atomic mass is 19.4. The molecule has 1 aromatic carbocycles. The topological polar surface area (TPSA) is 72.3 Å². The quantitative estimate of drug-likeness (QED) is 0.635. The molecule has 0 aliphatic carbocycles. The number of carbonyl (C=O) groups is 1. The van der Waals surface area contributed by atoms with E-state index in [2.05, 4.69) is 20.1 Å². The minimum Gasteiger partial charge on any atom is -0.406 e. The summed E-state index contributed by atoms with van der Waals surface area (Å²) in [6.45, 7) is 0.331. The molecule has 0 atom stereocenters. The zero-order valence-electron chi connectivity index (χ0n) is 16.3. The van der Waals surface area contributed by atoms with Gasteiger partial charge in [-0.05, 0) is 29.3 Å². The standard InChI is InChI=1S/C20H20F3N5O2/c1-27(2)18-8-5-15(12-24-18)11-19(29)25-17-9-10-28(26-17)13-14-3-6-16(7-4-14)30-20(21,22)23/h3-10,12H,11,13H2,1-2H3,(H,25,26,29). The molecule has 0 aliphatic rings. The lowest BCUT2D eigenvalue weighted by Gasteiger charge is -2.11. The third-order valence-corrected chi connectivity index (χ3v) is 4.04. The van der Waals surface area contributed by atoms with Crippen LogP contribution in [0.1, 0.15) is 11.1 Å². The summed E-state index contributed by atoms with van der Waals surface area (Å²) in [6.07, 6.45) is -1.24. The number of hydrogen-bond donors (Lipinski definition) is 1. The summed E-state index contributed by atoms with van der Waals surface area (Å²) in [5.74, 6) is 0.673. The summed E-state index contributed by atoms with van der Waals surface area (Å²) < 4.78 is 42.0. The molecule has 3 aromatic rings. The molecule has 2 aromatic heterocycles. The molecule has 7 nitrogen and oxygen atoms in total. The van der Waals surface area contributed by atoms with E-state index in [9.17, 15) is 18.0 Å². The van der Waals surface area contributed by atoms with E-state index in [1.54, 1.807) is 23.1 Å². The van der Waals surface area contributed by atoms with Crippen molar-refractivity contribution >= 4 is 17.5 Å². The summed E-state index contributed by atoms with van der Waals surface area (Å²) in [4.78, 5) is 18.4. The molecule has 10 heteroatoms. The minimum absolute atomic E-state index is 0.161. The van der Waals surface area contributed by atoms with Gasteiger partial charge in [0.1, 0.15) is 11.6 Å². The number of carbonyl (C=O) groups excluding carboxylic acids is 1. The number of nitrogens with zero attached hydrogens (tertiary/aromatic N) is 4. The molecule has 2 heterocycles. The Balaban J connectivity index is 1.53. The number of ether oxygens (including phenoxy) is 1. The Bertz CT molecular complexity index is 983. The number of amides is 1. The molecular formula is C20H20F3N5O2. The zero-order chi connectivity index (χ0) is 21.7. The smallest absolute Gasteiger partial charge is 0.406 e. The first-order chi connectivity index (χ1) is 14.2. The monoisotopic (exact) mass is 419 g/mol. The first-order valence-corrected chi connectivity index (χ1v) is 8.98. The fourth-order valence-corrected chi connectivity index (χ4v) is 2.66. The average molecular weight is 419 g/mol. The molecule has 0 unspecified atom stereocenters. The van der Waals surface area contributed by atoms with Crippen molar-refractivity contribution < 1.29 is 22.7 Å². The van der Waals surface area contributed by atoms with Gasteiger partial charge < -0.3 is 15.0 Å². The van der Waals surface area contributed by atoms with Crippen LogP contribution in [0.2, 0.25) is 0 Å². The molecule has 0 saturated heterocycles. The molecule has 0 fully saturated rings. The maximum atomic E-state index is 12.2. The Hall–Kier alpha value is -3.56. The van der Waals surface area contributed by atoms with E-state index < -0.39 is 6.36 Å². The average Bonchev–Trinajstić information content (AvgIpc) is 3.09. The molecule has 30 heavy (non-hydrogen) atoms. The zero-order valence-corrected chi connectivity index (χ0v) is 16.3. The Kier molecular flexibility index (Phi) is 6.24. The molecule has 1 N–H and O–H groups in total. The summed E-state index contributed by atoms with van der Waals surface area (Å²) in [7, 11) is 3.77. The van der Waals surface area contributed by atoms with Gasteiger partial charge >= 0.3 is 6.36 Å². The summed E-state index contributed by atoms with van der Waals surface area (Å²) in [5.41, 5.74) is 1.51. The van der Waals surface area contributed by atoms with E-state index in [-0.39, 0.29) is 18.1 Å². The van der Waals surface area contributed by atoms with Gasteiger partial charge in [0.25, 0.3) is 0 Å². The maximum Gasteiger partial charge on any atom is 0.573 e. The largest absolute Gasteiger partial charge is 0.573 e. The van der Waals surface area contributed by atoms with Crippen molar-refractivity contribution in [2.75, 3.05) is 24.3 Å². The molecule has 0 saturated carbocycles. The second-order valence-electron chi connectivity index (χ2n) is 6.73. The summed E-state index contributed by atoms with van der Waals surface area (Å²) in [6, 6.07) is 10.8. The van der Waals surface area contributed by atoms with Crippen LogP contribution in [0.15, 0.2) is 54.9 Å². The number of rotatable bonds is 7. The van der Waals surface area contributed by atoms with Crippen LogP contribution in [-0.2, 0) is 17.8 Å². The van der Waals surface area contributed by atoms with Crippen molar-refractivity contribution in [1.29, 1.82) is 0 Å². The second kappa shape index (κ2) is 8.85. The van der Waals surface area contributed by atoms with Gasteiger partial charge in [-0.1, -0.05) is 18.2 Å². The van der Waals surface area contributed by atoms with Crippen molar-refractivity contribution in [1.82, 2.24) is 14.8 Å². The molecular weight excluding hydrogens is 399 g/mol. The number of nitrogens with one attached hydrogen (secondary N) is 1. The van der Waals surface area contributed by atoms with Gasteiger partial charge in [0.15, 0.2) is 5.82 Å². The number of halogens is 3. The molecule has 0 radical (unpaired) electrons. The minimum atomic E-state index is -4.72. The fourth-order valence-electron chi connectivity index (χ4n) is 2.66. The van der Waals surface area contributed by atoms with Gasteiger partial charge in [0, 0.05) is 32.6 Å². The predicted molar refractivity (Wildman–Crippen MR) is 105 cm³/mol. The number of benzene rings is 1. The first-order valence-electron chi connectivity index (χ1n) is 8.98. The van der Waals surface area contributed by atoms with Gasteiger partial charge in [0.2, 0.25) is 5.91 Å². The highest BCUT2D eigenvalue weighted by Crippen LogP contribution is 2.23. The van der Waals surface area contributed by atoms with Gasteiger partial charge in [-0.25, -0.2) is 4.98 Å². The maximum absolute atomic E-state index is 12.2. The number of pyridine rings is 1. The highest BCUT2D eigenvalue weighted by molar-refractivity contribution is 5.91. The van der Waals surface area contributed by atoms with E-state index in [4.69, 9.17) is 0 Å². The lowest BCUT2D eigenvalue weighted by molar-refractivity contribution is -0.274. The van der Waals surface area contributed by atoms with Crippen molar-refractivity contribution in [3.8, 4) is 5.75 Å². The molecule has 0 spiro atoms. The lowest BCUT2D eigenvalue weighted by atomic mass is 10.2. The highest BCUT2D eigenvalue weighted by Gasteiger charge is 2.30. The fraction of sp³-hybridized carbons (Fsp3) is 0.250. The third kappa shape index (κ3) is 6.23. The number of alkyl halides is 3. The van der Waals surface area contributed by atoms with Crippen LogP contribution in [0.3, 0.4) is 0 Å². The Labute approximate surface area is 171 Å². The van der Waals surface area contributed by atoms with Gasteiger partial charge in [0.05, 0.1) is 13.0 Å². The molecule has 0 bridgehead atoms. The van der Waals surface area contributed by atoms with Crippen molar-refractivity contribution in [3.05, 3.63) is 66.0 Å². The Morgan fingerprint density at radius 3 is 2.40 bits per heavy atom. The third-order valence-electron chi connectivity index (χ3n) is 4.04. The van der Waals surface area contributed by atoms with Gasteiger partial charge in [-0.3, -0.25) is 9.48 Å². The van der Waals surface area contributed by atoms with E-state index in [0.29, 0.717) is 12.4 Å². The number of anilines is 2. The lowest BCUT2D eigenvalue weighted by Crippen LogP contribution is -2.17. The molecule has 1 amide bonds. The number of aromatic nitrogens is 3. The van der Waals surface area contributed by atoms with E-state index in [1.165, 1.54) is 24.3 Å². The van der Waals surface area contributed by atoms with Crippen molar-refractivity contribution in [3.63, 3.8) is 0 Å². The van der Waals surface area contributed by atoms with Crippen LogP contribution in [0.25, 0.3) is 0 Å².